The van der Waals surface area contributed by atoms with E-state index in [0.29, 0.717) is 25.5 Å². The maximum Gasteiger partial charge on any atom is 0.414 e. The predicted octanol–water partition coefficient (Wildman–Crippen LogP) is 3.06. The van der Waals surface area contributed by atoms with Crippen LogP contribution in [0.3, 0.4) is 0 Å². The van der Waals surface area contributed by atoms with E-state index in [1.54, 1.807) is 4.90 Å². The Bertz CT molecular complexity index is 1220. The van der Waals surface area contributed by atoms with Crippen LogP contribution in [-0.4, -0.2) is 48.3 Å². The molecule has 12 nitrogen and oxygen atoms in total. The van der Waals surface area contributed by atoms with Crippen LogP contribution in [0.25, 0.3) is 0 Å². The lowest BCUT2D eigenvalue weighted by atomic mass is 9.97. The minimum atomic E-state index is -4.23. The average molecular weight is 476 g/mol. The number of fused-ring (bicyclic) bond motifs is 1. The first-order chi connectivity index (χ1) is 15.7. The molecule has 1 fully saturated rings. The van der Waals surface area contributed by atoms with Gasteiger partial charge in [0.15, 0.2) is 4.90 Å². The number of ether oxygens (including phenoxy) is 1. The summed E-state index contributed by atoms with van der Waals surface area (Å²) in [5.74, 6) is 0.00185. The Morgan fingerprint density at radius 3 is 2.39 bits per heavy atom. The molecule has 0 unspecified atom stereocenters. The molecule has 4 rings (SSSR count). The number of nitro benzene ring substituents is 2. The molecule has 174 valence electrons. The van der Waals surface area contributed by atoms with Crippen molar-refractivity contribution in [3.05, 3.63) is 68.3 Å². The number of non-ortho nitro benzene ring substituents is 1. The quantitative estimate of drug-likeness (QED) is 0.455. The standard InChI is InChI=1S/C20H20N4O8S/c25-20-22(17-4-2-1-3-15(17)13-32-20)12-14-7-9-21(10-8-14)33(30,31)19-6-5-16(23(26)27)11-18(19)24(28)29/h1-6,11,14H,7-10,12-13H2. The molecule has 2 aromatic rings. The number of carbonyl (C=O) groups is 1. The fraction of sp³-hybridized carbons (Fsp3) is 0.350. The highest BCUT2D eigenvalue weighted by Gasteiger charge is 2.37. The number of hydrogen-bond acceptors (Lipinski definition) is 8. The summed E-state index contributed by atoms with van der Waals surface area (Å²) in [5, 5.41) is 22.3. The number of anilines is 1. The van der Waals surface area contributed by atoms with E-state index in [1.807, 2.05) is 24.3 Å². The molecule has 0 saturated carbocycles. The van der Waals surface area contributed by atoms with Gasteiger partial charge in [0.05, 0.1) is 21.6 Å². The Hall–Kier alpha value is -3.58. The lowest BCUT2D eigenvalue weighted by Crippen LogP contribution is -2.44. The van der Waals surface area contributed by atoms with Crippen LogP contribution in [0.1, 0.15) is 18.4 Å². The van der Waals surface area contributed by atoms with Gasteiger partial charge in [-0.05, 0) is 30.9 Å². The summed E-state index contributed by atoms with van der Waals surface area (Å²) in [6.07, 6.45) is 0.419. The van der Waals surface area contributed by atoms with Crippen LogP contribution < -0.4 is 4.90 Å². The van der Waals surface area contributed by atoms with Crippen molar-refractivity contribution >= 4 is 33.2 Å². The van der Waals surface area contributed by atoms with Crippen LogP contribution >= 0.6 is 0 Å². The van der Waals surface area contributed by atoms with Crippen molar-refractivity contribution in [2.75, 3.05) is 24.5 Å². The van der Waals surface area contributed by atoms with Crippen molar-refractivity contribution in [3.8, 4) is 0 Å². The molecular weight excluding hydrogens is 456 g/mol. The van der Waals surface area contributed by atoms with Crippen molar-refractivity contribution in [1.29, 1.82) is 0 Å². The largest absolute Gasteiger partial charge is 0.444 e. The van der Waals surface area contributed by atoms with Gasteiger partial charge in [-0.25, -0.2) is 13.2 Å². The van der Waals surface area contributed by atoms with Crippen molar-refractivity contribution in [2.45, 2.75) is 24.3 Å². The maximum atomic E-state index is 13.1. The zero-order valence-corrected chi connectivity index (χ0v) is 18.1. The molecule has 0 radical (unpaired) electrons. The molecule has 2 aliphatic heterocycles. The number of amides is 1. The van der Waals surface area contributed by atoms with E-state index in [0.717, 1.165) is 27.7 Å². The molecular formula is C20H20N4O8S. The first-order valence-electron chi connectivity index (χ1n) is 10.1. The van der Waals surface area contributed by atoms with E-state index in [4.69, 9.17) is 4.74 Å². The highest BCUT2D eigenvalue weighted by atomic mass is 32.2. The Morgan fingerprint density at radius 1 is 1.03 bits per heavy atom. The van der Waals surface area contributed by atoms with Gasteiger partial charge in [-0.2, -0.15) is 4.31 Å². The van der Waals surface area contributed by atoms with Gasteiger partial charge in [0, 0.05) is 31.3 Å². The van der Waals surface area contributed by atoms with Gasteiger partial charge in [-0.3, -0.25) is 25.1 Å². The van der Waals surface area contributed by atoms with Crippen LogP contribution in [0.15, 0.2) is 47.4 Å². The Balaban J connectivity index is 1.49. The summed E-state index contributed by atoms with van der Waals surface area (Å²) in [4.78, 5) is 33.8. The molecule has 0 aromatic heterocycles. The number of benzene rings is 2. The molecule has 2 aromatic carbocycles. The van der Waals surface area contributed by atoms with Gasteiger partial charge in [-0.15, -0.1) is 0 Å². The molecule has 13 heteroatoms. The van der Waals surface area contributed by atoms with E-state index in [9.17, 15) is 33.4 Å². The summed E-state index contributed by atoms with van der Waals surface area (Å²) < 4.78 is 32.5. The van der Waals surface area contributed by atoms with E-state index in [1.165, 1.54) is 0 Å². The van der Waals surface area contributed by atoms with Crippen molar-refractivity contribution in [3.63, 3.8) is 0 Å². The van der Waals surface area contributed by atoms with Crippen LogP contribution in [-0.2, 0) is 21.4 Å². The van der Waals surface area contributed by atoms with Gasteiger partial charge in [0.2, 0.25) is 10.0 Å². The van der Waals surface area contributed by atoms with E-state index < -0.39 is 42.2 Å². The van der Waals surface area contributed by atoms with Gasteiger partial charge >= 0.3 is 6.09 Å². The number of piperidine rings is 1. The zero-order valence-electron chi connectivity index (χ0n) is 17.3. The Kier molecular flexibility index (Phi) is 5.99. The SMILES string of the molecule is O=C1OCc2ccccc2N1CC1CCN(S(=O)(=O)c2ccc([N+](=O)[O-])cc2[N+](=O)[O-])CC1. The fourth-order valence-electron chi connectivity index (χ4n) is 4.09. The third kappa shape index (κ3) is 4.36. The Labute approximate surface area is 188 Å². The van der Waals surface area contributed by atoms with Crippen LogP contribution in [0, 0.1) is 26.1 Å². The van der Waals surface area contributed by atoms with Gasteiger partial charge in [0.1, 0.15) is 6.61 Å². The van der Waals surface area contributed by atoms with Gasteiger partial charge in [-0.1, -0.05) is 18.2 Å². The monoisotopic (exact) mass is 476 g/mol. The average Bonchev–Trinajstić information content (AvgIpc) is 2.80. The summed E-state index contributed by atoms with van der Waals surface area (Å²) >= 11 is 0. The normalized spacial score (nSPS) is 17.3. The summed E-state index contributed by atoms with van der Waals surface area (Å²) in [7, 11) is -4.23. The number of rotatable bonds is 6. The predicted molar refractivity (Wildman–Crippen MR) is 115 cm³/mol. The number of sulfonamides is 1. The van der Waals surface area contributed by atoms with E-state index >= 15 is 0 Å². The van der Waals surface area contributed by atoms with Crippen LogP contribution in [0.4, 0.5) is 21.9 Å². The Morgan fingerprint density at radius 2 is 1.73 bits per heavy atom. The van der Waals surface area contributed by atoms with Crippen molar-refractivity contribution in [1.82, 2.24) is 4.31 Å². The topological polar surface area (TPSA) is 153 Å². The lowest BCUT2D eigenvalue weighted by molar-refractivity contribution is -0.396. The minimum absolute atomic E-state index is 0.00185. The van der Waals surface area contributed by atoms with Crippen molar-refractivity contribution < 1.29 is 27.8 Å². The van der Waals surface area contributed by atoms with E-state index in [2.05, 4.69) is 0 Å². The minimum Gasteiger partial charge on any atom is -0.444 e. The molecule has 1 amide bonds. The number of hydrogen-bond donors (Lipinski definition) is 0. The number of nitrogens with zero attached hydrogens (tertiary/aromatic N) is 4. The zero-order chi connectivity index (χ0) is 23.8. The smallest absolute Gasteiger partial charge is 0.414 e. The molecule has 0 aliphatic carbocycles. The third-order valence-corrected chi connectivity index (χ3v) is 7.78. The highest BCUT2D eigenvalue weighted by Crippen LogP contribution is 2.34. The van der Waals surface area contributed by atoms with Crippen LogP contribution in [0.5, 0.6) is 0 Å². The third-order valence-electron chi connectivity index (χ3n) is 5.84. The molecule has 0 bridgehead atoms. The number of cyclic esters (lactones) is 1. The first-order valence-corrected chi connectivity index (χ1v) is 11.6. The first kappa shape index (κ1) is 22.6. The molecule has 2 heterocycles. The number of para-hydroxylation sites is 1. The maximum absolute atomic E-state index is 13.1. The molecule has 1 saturated heterocycles. The summed E-state index contributed by atoms with van der Waals surface area (Å²) in [5.41, 5.74) is 0.264. The fourth-order valence-corrected chi connectivity index (χ4v) is 5.70. The second kappa shape index (κ2) is 8.75. The van der Waals surface area contributed by atoms with Crippen molar-refractivity contribution in [2.24, 2.45) is 5.92 Å². The second-order valence-electron chi connectivity index (χ2n) is 7.81. The van der Waals surface area contributed by atoms with E-state index in [-0.39, 0.29) is 25.6 Å². The van der Waals surface area contributed by atoms with Gasteiger partial charge in [0.25, 0.3) is 11.4 Å². The second-order valence-corrected chi connectivity index (χ2v) is 9.71. The highest BCUT2D eigenvalue weighted by molar-refractivity contribution is 7.89. The molecule has 2 aliphatic rings. The number of nitro groups is 2. The molecule has 0 atom stereocenters. The summed E-state index contributed by atoms with van der Waals surface area (Å²) in [6, 6.07) is 9.89. The molecule has 0 spiro atoms. The number of carbonyl (C=O) groups excluding carboxylic acids is 1. The molecule has 0 N–H and O–H groups in total. The lowest BCUT2D eigenvalue weighted by Gasteiger charge is -2.35. The van der Waals surface area contributed by atoms with Gasteiger partial charge < -0.3 is 4.74 Å². The molecule has 33 heavy (non-hydrogen) atoms. The van der Waals surface area contributed by atoms with Crippen LogP contribution in [0.2, 0.25) is 0 Å². The summed E-state index contributed by atoms with van der Waals surface area (Å²) in [6.45, 7) is 0.773.